The second-order valence-electron chi connectivity index (χ2n) is 8.52. The van der Waals surface area contributed by atoms with Gasteiger partial charge in [-0.2, -0.15) is 5.26 Å². The summed E-state index contributed by atoms with van der Waals surface area (Å²) in [7, 11) is 0. The highest BCUT2D eigenvalue weighted by Crippen LogP contribution is 2.33. The molecule has 0 fully saturated rings. The molecule has 38 heavy (non-hydrogen) atoms. The van der Waals surface area contributed by atoms with Crippen molar-refractivity contribution in [1.82, 2.24) is 15.0 Å². The summed E-state index contributed by atoms with van der Waals surface area (Å²) in [6, 6.07) is 12.2. The maximum atomic E-state index is 12.9. The zero-order valence-corrected chi connectivity index (χ0v) is 21.1. The number of carbonyl (C=O) groups is 2. The Balaban J connectivity index is 1.64. The van der Waals surface area contributed by atoms with Gasteiger partial charge in [0.2, 0.25) is 11.9 Å². The lowest BCUT2D eigenvalue weighted by atomic mass is 9.91. The molecule has 1 aliphatic heterocycles. The minimum atomic E-state index is -0.674. The van der Waals surface area contributed by atoms with Gasteiger partial charge in [0.1, 0.15) is 17.2 Å². The summed E-state index contributed by atoms with van der Waals surface area (Å²) in [5, 5.41) is 12.4. The average Bonchev–Trinajstić information content (AvgIpc) is 3.42. The van der Waals surface area contributed by atoms with Crippen LogP contribution in [-0.4, -0.2) is 46.2 Å². The zero-order chi connectivity index (χ0) is 27.1. The van der Waals surface area contributed by atoms with Gasteiger partial charge in [-0.05, 0) is 56.2 Å². The van der Waals surface area contributed by atoms with Crippen LogP contribution >= 0.6 is 0 Å². The molecule has 0 bridgehead atoms. The van der Waals surface area contributed by atoms with Crippen LogP contribution in [0.15, 0.2) is 59.7 Å². The fraction of sp³-hybridized carbons (Fsp3) is 0.250. The number of primary amides is 1. The van der Waals surface area contributed by atoms with Crippen LogP contribution in [0.4, 0.5) is 5.95 Å². The van der Waals surface area contributed by atoms with Crippen LogP contribution in [-0.2, 0) is 16.7 Å². The molecule has 1 atom stereocenters. The molecule has 192 valence electrons. The number of nitrogens with zero attached hydrogens (tertiary/aromatic N) is 5. The van der Waals surface area contributed by atoms with E-state index < -0.39 is 17.4 Å². The van der Waals surface area contributed by atoms with Gasteiger partial charge < -0.3 is 15.8 Å². The molecule has 0 saturated heterocycles. The van der Waals surface area contributed by atoms with Crippen molar-refractivity contribution in [1.29, 1.82) is 5.26 Å². The first-order valence-electron chi connectivity index (χ1n) is 12.2. The second kappa shape index (κ2) is 11.4. The van der Waals surface area contributed by atoms with Gasteiger partial charge in [0.25, 0.3) is 0 Å². The highest BCUT2D eigenvalue weighted by Gasteiger charge is 2.31. The minimum absolute atomic E-state index is 0.210. The van der Waals surface area contributed by atoms with Crippen molar-refractivity contribution < 1.29 is 14.3 Å². The minimum Gasteiger partial charge on any atom is -0.462 e. The van der Waals surface area contributed by atoms with Crippen molar-refractivity contribution in [3.05, 3.63) is 82.8 Å². The summed E-state index contributed by atoms with van der Waals surface area (Å²) in [5.74, 6) is -0.713. The third-order valence-electron chi connectivity index (χ3n) is 6.13. The van der Waals surface area contributed by atoms with Crippen molar-refractivity contribution >= 4 is 24.0 Å². The van der Waals surface area contributed by atoms with E-state index in [1.54, 1.807) is 49.5 Å². The molecule has 1 aromatic carbocycles. The molecule has 4 rings (SSSR count). The molecule has 10 nitrogen and oxygen atoms in total. The number of nitrogens with one attached hydrogen (secondary N) is 1. The van der Waals surface area contributed by atoms with Crippen molar-refractivity contribution in [2.75, 3.05) is 18.5 Å². The predicted molar refractivity (Wildman–Crippen MR) is 143 cm³/mol. The number of rotatable bonds is 10. The van der Waals surface area contributed by atoms with Gasteiger partial charge in [-0.1, -0.05) is 19.1 Å². The fourth-order valence-electron chi connectivity index (χ4n) is 4.19. The van der Waals surface area contributed by atoms with Crippen molar-refractivity contribution in [3.63, 3.8) is 0 Å². The van der Waals surface area contributed by atoms with E-state index >= 15 is 0 Å². The first-order valence-corrected chi connectivity index (χ1v) is 12.2. The molecule has 1 aliphatic rings. The summed E-state index contributed by atoms with van der Waals surface area (Å²) in [5.41, 5.74) is 8.11. The lowest BCUT2D eigenvalue weighted by Crippen LogP contribution is -2.25. The van der Waals surface area contributed by atoms with E-state index in [0.29, 0.717) is 53.4 Å². The maximum absolute atomic E-state index is 12.9. The highest BCUT2D eigenvalue weighted by molar-refractivity contribution is 5.98. The van der Waals surface area contributed by atoms with Gasteiger partial charge >= 0.3 is 5.97 Å². The van der Waals surface area contributed by atoms with Gasteiger partial charge in [-0.15, -0.1) is 0 Å². The van der Waals surface area contributed by atoms with Gasteiger partial charge in [0.15, 0.2) is 0 Å². The standard InChI is InChI=1S/C28H27N7O3/c1-3-21-23(26(37)38-4-2)24(19-7-9-20(10-8-19)25(30)36)35-27(34-21)31-15-13-28(12-5-14-33-28)22-11-6-18(16-29)17-32-22/h5-12,14,17H,3-4,13,15H2,1-2H3,(H2,30,36)(H,31,34,35). The van der Waals surface area contributed by atoms with Crippen LogP contribution in [0.3, 0.4) is 0 Å². The van der Waals surface area contributed by atoms with Crippen molar-refractivity contribution in [2.45, 2.75) is 32.2 Å². The van der Waals surface area contributed by atoms with E-state index in [4.69, 9.17) is 15.7 Å². The summed E-state index contributed by atoms with van der Waals surface area (Å²) < 4.78 is 5.30. The number of hydrogen-bond donors (Lipinski definition) is 2. The lowest BCUT2D eigenvalue weighted by Gasteiger charge is -2.24. The Labute approximate surface area is 220 Å². The number of nitriles is 1. The number of aliphatic imine (C=N–C) groups is 1. The molecule has 3 aromatic rings. The Morgan fingerprint density at radius 2 is 1.92 bits per heavy atom. The first-order chi connectivity index (χ1) is 18.4. The molecule has 2 aromatic heterocycles. The number of aryl methyl sites for hydroxylation is 1. The number of hydrogen-bond acceptors (Lipinski definition) is 9. The van der Waals surface area contributed by atoms with E-state index in [1.807, 2.05) is 19.1 Å². The van der Waals surface area contributed by atoms with Crippen LogP contribution in [0.1, 0.15) is 57.9 Å². The largest absolute Gasteiger partial charge is 0.462 e. The monoisotopic (exact) mass is 509 g/mol. The topological polar surface area (TPSA) is 156 Å². The molecule has 3 heterocycles. The molecule has 1 amide bonds. The van der Waals surface area contributed by atoms with E-state index in [1.165, 1.54) is 6.20 Å². The summed E-state index contributed by atoms with van der Waals surface area (Å²) in [6.45, 7) is 4.30. The fourth-order valence-corrected chi connectivity index (χ4v) is 4.19. The summed E-state index contributed by atoms with van der Waals surface area (Å²) in [4.78, 5) is 42.8. The Morgan fingerprint density at radius 3 is 2.50 bits per heavy atom. The third-order valence-corrected chi connectivity index (χ3v) is 6.13. The first kappa shape index (κ1) is 26.2. The van der Waals surface area contributed by atoms with Crippen LogP contribution in [0.25, 0.3) is 11.3 Å². The number of benzene rings is 1. The molecule has 3 N–H and O–H groups in total. The molecule has 1 unspecified atom stereocenters. The normalized spacial score (nSPS) is 15.7. The van der Waals surface area contributed by atoms with Crippen molar-refractivity contribution in [2.24, 2.45) is 10.7 Å². The number of nitrogens with two attached hydrogens (primary N) is 1. The second-order valence-corrected chi connectivity index (χ2v) is 8.52. The Morgan fingerprint density at radius 1 is 1.13 bits per heavy atom. The van der Waals surface area contributed by atoms with Crippen LogP contribution < -0.4 is 11.1 Å². The van der Waals surface area contributed by atoms with E-state index in [2.05, 4.69) is 31.3 Å². The number of anilines is 1. The third kappa shape index (κ3) is 5.42. The van der Waals surface area contributed by atoms with Gasteiger partial charge in [0, 0.05) is 30.1 Å². The smallest absolute Gasteiger partial charge is 0.342 e. The van der Waals surface area contributed by atoms with Gasteiger partial charge in [-0.3, -0.25) is 14.8 Å². The van der Waals surface area contributed by atoms with Crippen LogP contribution in [0, 0.1) is 11.3 Å². The number of allylic oxidation sites excluding steroid dienone is 1. The quantitative estimate of drug-likeness (QED) is 0.393. The number of aromatic nitrogens is 3. The molecular weight excluding hydrogens is 482 g/mol. The Hall–Kier alpha value is -4.91. The highest BCUT2D eigenvalue weighted by atomic mass is 16.5. The number of carbonyl (C=O) groups excluding carboxylic acids is 2. The molecule has 0 spiro atoms. The summed E-state index contributed by atoms with van der Waals surface area (Å²) >= 11 is 0. The van der Waals surface area contributed by atoms with Crippen LogP contribution in [0.5, 0.6) is 0 Å². The van der Waals surface area contributed by atoms with E-state index in [-0.39, 0.29) is 12.2 Å². The number of amides is 1. The lowest BCUT2D eigenvalue weighted by molar-refractivity contribution is 0.0525. The summed E-state index contributed by atoms with van der Waals surface area (Å²) in [6.07, 6.45) is 8.13. The van der Waals surface area contributed by atoms with Gasteiger partial charge in [0.05, 0.1) is 29.3 Å². The van der Waals surface area contributed by atoms with Gasteiger partial charge in [-0.25, -0.2) is 14.8 Å². The molecule has 0 aliphatic carbocycles. The van der Waals surface area contributed by atoms with E-state index in [9.17, 15) is 9.59 Å². The van der Waals surface area contributed by atoms with Crippen LogP contribution in [0.2, 0.25) is 0 Å². The Bertz CT molecular complexity index is 1430. The maximum Gasteiger partial charge on any atom is 0.342 e. The van der Waals surface area contributed by atoms with Crippen molar-refractivity contribution in [3.8, 4) is 17.3 Å². The molecule has 10 heteroatoms. The Kier molecular flexibility index (Phi) is 7.87. The number of pyridine rings is 1. The molecule has 0 radical (unpaired) electrons. The zero-order valence-electron chi connectivity index (χ0n) is 21.1. The SMILES string of the molecule is CCOC(=O)c1c(CC)nc(NCCC2(c3ccc(C#N)cn3)C=CC=N2)nc1-c1ccc(C(N)=O)cc1. The molecular formula is C28H27N7O3. The van der Waals surface area contributed by atoms with E-state index in [0.717, 1.165) is 5.69 Å². The average molecular weight is 510 g/mol. The number of ether oxygens (including phenoxy) is 1. The molecule has 0 saturated carbocycles. The number of esters is 1. The predicted octanol–water partition coefficient (Wildman–Crippen LogP) is 3.59.